The van der Waals surface area contributed by atoms with Gasteiger partial charge in [-0.15, -0.1) is 0 Å². The van der Waals surface area contributed by atoms with Crippen molar-refractivity contribution in [3.8, 4) is 0 Å². The van der Waals surface area contributed by atoms with Crippen molar-refractivity contribution in [1.29, 1.82) is 0 Å². The highest BCUT2D eigenvalue weighted by Gasteiger charge is 2.25. The lowest BCUT2D eigenvalue weighted by molar-refractivity contribution is -0.132. The van der Waals surface area contributed by atoms with Gasteiger partial charge in [0.25, 0.3) is 0 Å². The molecule has 0 bridgehead atoms. The van der Waals surface area contributed by atoms with Gasteiger partial charge in [-0.1, -0.05) is 20.3 Å². The topological polar surface area (TPSA) is 46.3 Å². The number of nitrogens with zero attached hydrogens (tertiary/aromatic N) is 1. The Morgan fingerprint density at radius 3 is 2.47 bits per heavy atom. The maximum Gasteiger partial charge on any atom is 0.222 e. The van der Waals surface area contributed by atoms with Gasteiger partial charge in [-0.25, -0.2) is 0 Å². The molecule has 1 amide bonds. The van der Waals surface area contributed by atoms with Gasteiger partial charge < -0.3 is 10.6 Å². The van der Waals surface area contributed by atoms with Crippen LogP contribution < -0.4 is 5.73 Å². The van der Waals surface area contributed by atoms with Crippen LogP contribution in [0.1, 0.15) is 39.5 Å². The molecule has 15 heavy (non-hydrogen) atoms. The van der Waals surface area contributed by atoms with Gasteiger partial charge in [0.2, 0.25) is 5.91 Å². The summed E-state index contributed by atoms with van der Waals surface area (Å²) in [6.45, 7) is 5.57. The third kappa shape index (κ3) is 3.82. The summed E-state index contributed by atoms with van der Waals surface area (Å²) >= 11 is 0. The van der Waals surface area contributed by atoms with Crippen molar-refractivity contribution < 1.29 is 4.79 Å². The molecule has 0 radical (unpaired) electrons. The van der Waals surface area contributed by atoms with Crippen LogP contribution in [0.3, 0.4) is 0 Å². The summed E-state index contributed by atoms with van der Waals surface area (Å²) in [5.41, 5.74) is 5.69. The number of hydrogen-bond acceptors (Lipinski definition) is 2. The summed E-state index contributed by atoms with van der Waals surface area (Å²) in [6.07, 6.45) is 4.51. The first-order valence-corrected chi connectivity index (χ1v) is 5.88. The van der Waals surface area contributed by atoms with Crippen molar-refractivity contribution in [2.24, 2.45) is 17.1 Å². The number of carbonyl (C=O) groups is 1. The summed E-state index contributed by atoms with van der Waals surface area (Å²) in [5.74, 6) is 0.933. The highest BCUT2D eigenvalue weighted by molar-refractivity contribution is 5.76. The van der Waals surface area contributed by atoms with Crippen LogP contribution >= 0.6 is 0 Å². The van der Waals surface area contributed by atoms with Crippen molar-refractivity contribution in [1.82, 2.24) is 4.90 Å². The molecular formula is C12H24N2O. The SMILES string of the molecule is CN(CC(C)(C)CN)C(=O)CC1CCC1. The van der Waals surface area contributed by atoms with E-state index < -0.39 is 0 Å². The number of nitrogens with two attached hydrogens (primary N) is 1. The van der Waals surface area contributed by atoms with Crippen LogP contribution in [0.25, 0.3) is 0 Å². The fraction of sp³-hybridized carbons (Fsp3) is 0.917. The number of amides is 1. The maximum atomic E-state index is 11.8. The molecule has 0 aromatic heterocycles. The van der Waals surface area contributed by atoms with Gasteiger partial charge in [0, 0.05) is 20.0 Å². The van der Waals surface area contributed by atoms with Gasteiger partial charge in [0.1, 0.15) is 0 Å². The molecule has 0 aliphatic heterocycles. The summed E-state index contributed by atoms with van der Waals surface area (Å²) in [6, 6.07) is 0. The van der Waals surface area contributed by atoms with Crippen molar-refractivity contribution in [3.63, 3.8) is 0 Å². The molecule has 1 aliphatic rings. The smallest absolute Gasteiger partial charge is 0.222 e. The van der Waals surface area contributed by atoms with Crippen molar-refractivity contribution in [2.45, 2.75) is 39.5 Å². The van der Waals surface area contributed by atoms with E-state index >= 15 is 0 Å². The second-order valence-electron chi connectivity index (χ2n) is 5.62. The molecule has 2 N–H and O–H groups in total. The quantitative estimate of drug-likeness (QED) is 0.752. The average Bonchev–Trinajstić information content (AvgIpc) is 2.10. The van der Waals surface area contributed by atoms with E-state index in [0.717, 1.165) is 13.0 Å². The molecule has 1 saturated carbocycles. The maximum absolute atomic E-state index is 11.8. The van der Waals surface area contributed by atoms with E-state index in [1.165, 1.54) is 19.3 Å². The molecular weight excluding hydrogens is 188 g/mol. The van der Waals surface area contributed by atoms with E-state index in [2.05, 4.69) is 13.8 Å². The Bertz CT molecular complexity index is 222. The number of rotatable bonds is 5. The highest BCUT2D eigenvalue weighted by Crippen LogP contribution is 2.30. The molecule has 3 nitrogen and oxygen atoms in total. The Morgan fingerprint density at radius 2 is 2.07 bits per heavy atom. The molecule has 0 aromatic rings. The normalized spacial score (nSPS) is 17.3. The van der Waals surface area contributed by atoms with E-state index in [4.69, 9.17) is 5.73 Å². The molecule has 0 atom stereocenters. The molecule has 88 valence electrons. The van der Waals surface area contributed by atoms with Gasteiger partial charge in [-0.05, 0) is 30.7 Å². The minimum absolute atomic E-state index is 0.0318. The predicted molar refractivity (Wildman–Crippen MR) is 62.4 cm³/mol. The Balaban J connectivity index is 2.31. The Labute approximate surface area is 93.0 Å². The van der Waals surface area contributed by atoms with Gasteiger partial charge >= 0.3 is 0 Å². The first-order chi connectivity index (χ1) is 6.94. The third-order valence-corrected chi connectivity index (χ3v) is 3.33. The lowest BCUT2D eigenvalue weighted by Crippen LogP contribution is -2.40. The van der Waals surface area contributed by atoms with Crippen LogP contribution in [0.4, 0.5) is 0 Å². The number of carbonyl (C=O) groups excluding carboxylic acids is 1. The minimum atomic E-state index is 0.0318. The van der Waals surface area contributed by atoms with Crippen LogP contribution in [-0.4, -0.2) is 30.9 Å². The monoisotopic (exact) mass is 212 g/mol. The first-order valence-electron chi connectivity index (χ1n) is 5.88. The van der Waals surface area contributed by atoms with Crippen LogP contribution in [-0.2, 0) is 4.79 Å². The van der Waals surface area contributed by atoms with Gasteiger partial charge in [-0.3, -0.25) is 4.79 Å². The fourth-order valence-electron chi connectivity index (χ4n) is 1.89. The van der Waals surface area contributed by atoms with Gasteiger partial charge in [0.15, 0.2) is 0 Å². The van der Waals surface area contributed by atoms with Crippen molar-refractivity contribution in [3.05, 3.63) is 0 Å². The molecule has 1 rings (SSSR count). The zero-order chi connectivity index (χ0) is 11.5. The second kappa shape index (κ2) is 4.97. The zero-order valence-electron chi connectivity index (χ0n) is 10.3. The molecule has 0 spiro atoms. The van der Waals surface area contributed by atoms with E-state index in [1.807, 2.05) is 11.9 Å². The molecule has 1 aliphatic carbocycles. The second-order valence-corrected chi connectivity index (χ2v) is 5.62. The Hall–Kier alpha value is -0.570. The molecule has 3 heteroatoms. The third-order valence-electron chi connectivity index (χ3n) is 3.33. The predicted octanol–water partition coefficient (Wildman–Crippen LogP) is 1.62. The molecule has 0 heterocycles. The lowest BCUT2D eigenvalue weighted by atomic mass is 9.82. The molecule has 1 fully saturated rings. The Kier molecular flexibility index (Phi) is 4.14. The molecule has 0 unspecified atom stereocenters. The van der Waals surface area contributed by atoms with Gasteiger partial charge in [0.05, 0.1) is 0 Å². The zero-order valence-corrected chi connectivity index (χ0v) is 10.3. The molecule has 0 aromatic carbocycles. The van der Waals surface area contributed by atoms with Crippen LogP contribution in [0.5, 0.6) is 0 Å². The largest absolute Gasteiger partial charge is 0.345 e. The van der Waals surface area contributed by atoms with Crippen LogP contribution in [0.2, 0.25) is 0 Å². The summed E-state index contributed by atoms with van der Waals surface area (Å²) < 4.78 is 0. The number of hydrogen-bond donors (Lipinski definition) is 1. The molecule has 0 saturated heterocycles. The van der Waals surface area contributed by atoms with Crippen molar-refractivity contribution in [2.75, 3.05) is 20.1 Å². The van der Waals surface area contributed by atoms with E-state index in [-0.39, 0.29) is 11.3 Å². The van der Waals surface area contributed by atoms with Crippen LogP contribution in [0, 0.1) is 11.3 Å². The average molecular weight is 212 g/mol. The standard InChI is InChI=1S/C12H24N2O/c1-12(2,8-13)9-14(3)11(15)7-10-5-4-6-10/h10H,4-9,13H2,1-3H3. The van der Waals surface area contributed by atoms with Crippen LogP contribution in [0.15, 0.2) is 0 Å². The van der Waals surface area contributed by atoms with Crippen molar-refractivity contribution >= 4 is 5.91 Å². The Morgan fingerprint density at radius 1 is 1.47 bits per heavy atom. The lowest BCUT2D eigenvalue weighted by Gasteiger charge is -2.31. The minimum Gasteiger partial charge on any atom is -0.345 e. The van der Waals surface area contributed by atoms with Gasteiger partial charge in [-0.2, -0.15) is 0 Å². The van der Waals surface area contributed by atoms with E-state index in [9.17, 15) is 4.79 Å². The summed E-state index contributed by atoms with van der Waals surface area (Å²) in [4.78, 5) is 13.7. The fourth-order valence-corrected chi connectivity index (χ4v) is 1.89. The summed E-state index contributed by atoms with van der Waals surface area (Å²) in [7, 11) is 1.89. The van der Waals surface area contributed by atoms with E-state index in [0.29, 0.717) is 12.5 Å². The highest BCUT2D eigenvalue weighted by atomic mass is 16.2. The van der Waals surface area contributed by atoms with E-state index in [1.54, 1.807) is 0 Å². The first kappa shape index (κ1) is 12.5. The summed E-state index contributed by atoms with van der Waals surface area (Å²) in [5, 5.41) is 0.